The van der Waals surface area contributed by atoms with Crippen molar-refractivity contribution >= 4 is 29.2 Å². The van der Waals surface area contributed by atoms with Crippen molar-refractivity contribution in [2.75, 3.05) is 23.4 Å². The van der Waals surface area contributed by atoms with E-state index in [-0.39, 0.29) is 12.5 Å². The molecule has 0 radical (unpaired) electrons. The lowest BCUT2D eigenvalue weighted by Gasteiger charge is -2.15. The Labute approximate surface area is 158 Å². The normalized spacial score (nSPS) is 13.6. The molecular weight excluding hydrogens is 344 g/mol. The van der Waals surface area contributed by atoms with Crippen LogP contribution in [0.3, 0.4) is 0 Å². The highest BCUT2D eigenvalue weighted by atomic mass is 16.5. The van der Waals surface area contributed by atoms with Gasteiger partial charge in [-0.3, -0.25) is 9.59 Å². The summed E-state index contributed by atoms with van der Waals surface area (Å²) in [5.41, 5.74) is 3.85. The fourth-order valence-electron chi connectivity index (χ4n) is 3.05. The van der Waals surface area contributed by atoms with Crippen LogP contribution in [0.15, 0.2) is 42.5 Å². The molecule has 3 rings (SSSR count). The van der Waals surface area contributed by atoms with E-state index in [0.717, 1.165) is 23.2 Å². The second-order valence-electron chi connectivity index (χ2n) is 6.64. The van der Waals surface area contributed by atoms with Crippen LogP contribution in [0.5, 0.6) is 0 Å². The maximum Gasteiger partial charge on any atom is 0.338 e. The molecule has 6 nitrogen and oxygen atoms in total. The Balaban J connectivity index is 1.54. The van der Waals surface area contributed by atoms with Crippen molar-refractivity contribution in [1.29, 1.82) is 0 Å². The van der Waals surface area contributed by atoms with Crippen LogP contribution in [0.1, 0.15) is 34.3 Å². The second-order valence-corrected chi connectivity index (χ2v) is 6.64. The van der Waals surface area contributed by atoms with Gasteiger partial charge < -0.3 is 15.0 Å². The lowest BCUT2D eigenvalue weighted by Crippen LogP contribution is -2.23. The summed E-state index contributed by atoms with van der Waals surface area (Å²) >= 11 is 0. The number of nitrogens with zero attached hydrogens (tertiary/aromatic N) is 1. The predicted octanol–water partition coefficient (Wildman–Crippen LogP) is 3.23. The number of nitrogens with one attached hydrogen (secondary N) is 1. The molecule has 1 saturated heterocycles. The number of benzene rings is 2. The molecule has 1 N–H and O–H groups in total. The second kappa shape index (κ2) is 8.03. The van der Waals surface area contributed by atoms with E-state index in [1.807, 2.05) is 32.0 Å². The van der Waals surface area contributed by atoms with Crippen LogP contribution in [0.4, 0.5) is 11.4 Å². The Morgan fingerprint density at radius 2 is 1.85 bits per heavy atom. The third-order valence-corrected chi connectivity index (χ3v) is 4.48. The standard InChI is InChI=1S/C21H22N2O4/c1-14-5-10-18(15(2)12-14)22-19(24)13-27-21(26)16-6-8-17(9-7-16)23-11-3-4-20(23)25/h5-10,12H,3-4,11,13H2,1-2H3,(H,22,24). The largest absolute Gasteiger partial charge is 0.452 e. The predicted molar refractivity (Wildman–Crippen MR) is 103 cm³/mol. The molecule has 0 aliphatic carbocycles. The maximum absolute atomic E-state index is 12.1. The number of hydrogen-bond donors (Lipinski definition) is 1. The zero-order chi connectivity index (χ0) is 19.4. The van der Waals surface area contributed by atoms with Crippen LogP contribution in [-0.4, -0.2) is 30.9 Å². The van der Waals surface area contributed by atoms with Gasteiger partial charge in [-0.25, -0.2) is 4.79 Å². The summed E-state index contributed by atoms with van der Waals surface area (Å²) in [6.45, 7) is 4.21. The lowest BCUT2D eigenvalue weighted by atomic mass is 10.1. The molecule has 1 fully saturated rings. The van der Waals surface area contributed by atoms with Crippen molar-refractivity contribution in [3.8, 4) is 0 Å². The minimum atomic E-state index is -0.579. The Morgan fingerprint density at radius 3 is 2.48 bits per heavy atom. The maximum atomic E-state index is 12.1. The molecule has 27 heavy (non-hydrogen) atoms. The van der Waals surface area contributed by atoms with E-state index in [9.17, 15) is 14.4 Å². The molecule has 140 valence electrons. The minimum Gasteiger partial charge on any atom is -0.452 e. The zero-order valence-corrected chi connectivity index (χ0v) is 15.5. The number of hydrogen-bond acceptors (Lipinski definition) is 4. The van der Waals surface area contributed by atoms with Gasteiger partial charge in [-0.2, -0.15) is 0 Å². The lowest BCUT2D eigenvalue weighted by molar-refractivity contribution is -0.119. The van der Waals surface area contributed by atoms with Gasteiger partial charge >= 0.3 is 5.97 Å². The molecule has 1 aliphatic heterocycles. The Bertz CT molecular complexity index is 874. The van der Waals surface area contributed by atoms with Gasteiger partial charge in [0.25, 0.3) is 5.91 Å². The third kappa shape index (κ3) is 4.53. The summed E-state index contributed by atoms with van der Waals surface area (Å²) in [5, 5.41) is 2.73. The smallest absolute Gasteiger partial charge is 0.338 e. The van der Waals surface area contributed by atoms with Gasteiger partial charge in [-0.1, -0.05) is 17.7 Å². The first-order valence-corrected chi connectivity index (χ1v) is 8.89. The minimum absolute atomic E-state index is 0.0911. The van der Waals surface area contributed by atoms with Gasteiger partial charge in [-0.05, 0) is 56.2 Å². The van der Waals surface area contributed by atoms with E-state index in [0.29, 0.717) is 24.2 Å². The SMILES string of the molecule is Cc1ccc(NC(=O)COC(=O)c2ccc(N3CCCC3=O)cc2)c(C)c1. The number of amides is 2. The molecule has 6 heteroatoms. The molecule has 0 saturated carbocycles. The monoisotopic (exact) mass is 366 g/mol. The average molecular weight is 366 g/mol. The number of carbonyl (C=O) groups is 3. The van der Waals surface area contributed by atoms with Crippen molar-refractivity contribution in [3.63, 3.8) is 0 Å². The third-order valence-electron chi connectivity index (χ3n) is 4.48. The van der Waals surface area contributed by atoms with Crippen LogP contribution in [0.2, 0.25) is 0 Å². The number of aryl methyl sites for hydroxylation is 2. The Kier molecular flexibility index (Phi) is 5.54. The van der Waals surface area contributed by atoms with E-state index < -0.39 is 11.9 Å². The van der Waals surface area contributed by atoms with Gasteiger partial charge in [0.2, 0.25) is 5.91 Å². The Morgan fingerprint density at radius 1 is 1.11 bits per heavy atom. The first-order valence-electron chi connectivity index (χ1n) is 8.89. The van der Waals surface area contributed by atoms with E-state index in [4.69, 9.17) is 4.74 Å². The molecular formula is C21H22N2O4. The van der Waals surface area contributed by atoms with Gasteiger partial charge in [0.15, 0.2) is 6.61 Å². The molecule has 1 heterocycles. The molecule has 2 aromatic carbocycles. The van der Waals surface area contributed by atoms with Crippen molar-refractivity contribution in [3.05, 3.63) is 59.2 Å². The quantitative estimate of drug-likeness (QED) is 0.825. The summed E-state index contributed by atoms with van der Waals surface area (Å²) < 4.78 is 5.08. The topological polar surface area (TPSA) is 75.7 Å². The van der Waals surface area contributed by atoms with E-state index in [1.54, 1.807) is 29.2 Å². The Hall–Kier alpha value is -3.15. The summed E-state index contributed by atoms with van der Waals surface area (Å²) in [5.74, 6) is -0.881. The van der Waals surface area contributed by atoms with Crippen LogP contribution < -0.4 is 10.2 Å². The molecule has 2 amide bonds. The van der Waals surface area contributed by atoms with Crippen LogP contribution in [0.25, 0.3) is 0 Å². The number of anilines is 2. The molecule has 0 unspecified atom stereocenters. The summed E-state index contributed by atoms with van der Waals surface area (Å²) in [7, 11) is 0. The van der Waals surface area contributed by atoms with Gasteiger partial charge in [0.1, 0.15) is 0 Å². The summed E-state index contributed by atoms with van der Waals surface area (Å²) in [6, 6.07) is 12.3. The molecule has 2 aromatic rings. The summed E-state index contributed by atoms with van der Waals surface area (Å²) in [6.07, 6.45) is 1.40. The van der Waals surface area contributed by atoms with Crippen LogP contribution >= 0.6 is 0 Å². The highest BCUT2D eigenvalue weighted by Crippen LogP contribution is 2.22. The fraction of sp³-hybridized carbons (Fsp3) is 0.286. The van der Waals surface area contributed by atoms with Crippen LogP contribution in [0, 0.1) is 13.8 Å². The number of ether oxygens (including phenoxy) is 1. The van der Waals surface area contributed by atoms with Crippen molar-refractivity contribution in [1.82, 2.24) is 0 Å². The molecule has 1 aliphatic rings. The van der Waals surface area contributed by atoms with E-state index in [2.05, 4.69) is 5.32 Å². The van der Waals surface area contributed by atoms with Gasteiger partial charge in [-0.15, -0.1) is 0 Å². The van der Waals surface area contributed by atoms with Crippen molar-refractivity contribution in [2.24, 2.45) is 0 Å². The van der Waals surface area contributed by atoms with Crippen molar-refractivity contribution < 1.29 is 19.1 Å². The molecule has 0 bridgehead atoms. The first-order chi connectivity index (χ1) is 12.9. The van der Waals surface area contributed by atoms with E-state index in [1.165, 1.54) is 0 Å². The molecule has 0 aromatic heterocycles. The highest BCUT2D eigenvalue weighted by Gasteiger charge is 2.21. The zero-order valence-electron chi connectivity index (χ0n) is 15.5. The van der Waals surface area contributed by atoms with E-state index >= 15 is 0 Å². The number of rotatable bonds is 5. The molecule has 0 atom stereocenters. The highest BCUT2D eigenvalue weighted by molar-refractivity contribution is 5.97. The van der Waals surface area contributed by atoms with Crippen LogP contribution in [-0.2, 0) is 14.3 Å². The average Bonchev–Trinajstić information content (AvgIpc) is 3.08. The molecule has 0 spiro atoms. The number of carbonyl (C=O) groups excluding carboxylic acids is 3. The first kappa shape index (κ1) is 18.6. The summed E-state index contributed by atoms with van der Waals surface area (Å²) in [4.78, 5) is 37.6. The van der Waals surface area contributed by atoms with Gasteiger partial charge in [0, 0.05) is 24.3 Å². The number of esters is 1. The van der Waals surface area contributed by atoms with Gasteiger partial charge in [0.05, 0.1) is 5.56 Å². The fourth-order valence-corrected chi connectivity index (χ4v) is 3.05. The van der Waals surface area contributed by atoms with Crippen molar-refractivity contribution in [2.45, 2.75) is 26.7 Å².